The third-order valence-electron chi connectivity index (χ3n) is 11.6. The minimum Gasteiger partial charge on any atom is -0.444 e. The number of carbonyl (C=O) groups is 6. The Bertz CT molecular complexity index is 4350. The van der Waals surface area contributed by atoms with Crippen LogP contribution in [0.2, 0.25) is 0 Å². The molecule has 0 radical (unpaired) electrons. The maximum atomic E-state index is 12.5. The topological polar surface area (TPSA) is 545 Å². The first-order chi connectivity index (χ1) is 55.9. The van der Waals surface area contributed by atoms with E-state index in [-0.39, 0.29) is 26.4 Å². The van der Waals surface area contributed by atoms with E-state index in [9.17, 15) is 67.2 Å². The van der Waals surface area contributed by atoms with E-state index in [4.69, 9.17) is 57.2 Å². The van der Waals surface area contributed by atoms with E-state index in [0.717, 1.165) is 18.8 Å². The summed E-state index contributed by atoms with van der Waals surface area (Å²) in [7, 11) is -5.83. The summed E-state index contributed by atoms with van der Waals surface area (Å²) >= 11 is 0. The van der Waals surface area contributed by atoms with Crippen LogP contribution in [-0.2, 0) is 117 Å². The van der Waals surface area contributed by atoms with Crippen LogP contribution in [0.5, 0.6) is 0 Å². The molecule has 0 unspecified atom stereocenters. The molecule has 0 saturated heterocycles. The van der Waals surface area contributed by atoms with Crippen LogP contribution < -0.4 is 38.5 Å². The molecular formula is C77H116ClF3N14O23S3. The number of ether oxygens (including phenoxy) is 7. The van der Waals surface area contributed by atoms with Crippen LogP contribution >= 0.6 is 10.7 Å². The van der Waals surface area contributed by atoms with Gasteiger partial charge in [0.15, 0.2) is 0 Å². The number of anilines is 7. The Morgan fingerprint density at radius 2 is 0.579 bits per heavy atom. The quantitative estimate of drug-likeness (QED) is 0.0151. The average molecular weight is 1790 g/mol. The van der Waals surface area contributed by atoms with E-state index >= 15 is 0 Å². The zero-order valence-corrected chi connectivity index (χ0v) is 75.1. The summed E-state index contributed by atoms with van der Waals surface area (Å²) < 4.78 is 149. The van der Waals surface area contributed by atoms with Gasteiger partial charge in [-0.15, -0.1) is 0 Å². The Morgan fingerprint density at radius 1 is 0.380 bits per heavy atom. The van der Waals surface area contributed by atoms with Gasteiger partial charge in [-0.25, -0.2) is 50.4 Å². The van der Waals surface area contributed by atoms with Crippen molar-refractivity contribution < 1.29 is 120 Å². The van der Waals surface area contributed by atoms with Crippen LogP contribution in [0, 0.1) is 0 Å². The molecule has 0 aliphatic carbocycles. The summed E-state index contributed by atoms with van der Waals surface area (Å²) in [6.07, 6.45) is 19.0. The number of alkyl halides is 3. The number of rotatable bonds is 15. The smallest absolute Gasteiger partial charge is 0.444 e. The standard InChI is InChI=1S/2C12H18N2O5S.C11H15FN2O2.C11H16N2O3.C10H18O5.2C6H7FN2.C6H8N2O.C2H6.CH3ClO2S/c2*1-12(2,3)19-11(15)14-10-5-6-13-7-9(10)8-18-20(4,16)17;1-11(2,3)16-10(15)14-9-4-5-13-7-8(9)6-12;1-11(2,3)16-10(15)13-9-4-5-12-6-8(9)7-14;1-9(2,3)14-7(11)13-8(12)15-10(4,5)6;2*7-3-5-4-9-2-1-6(5)8;7-6-1-2-8-3-5(6)4-9;1-2;1-5(2,3)4/h2*5-7H,8H2,1-4H3,(H,13,14,15);4-5,7H,6H2,1-3H3,(H,13,14,15);4-6,14H,7H2,1-3H3,(H,12,13,15);1-6H3;2*1-2,4H,3H2,(H2,8,9);1-3,9H,4H2,(H2,7,8);1-2H3;1H3/i;;12-1;;;2*7-1;;1D;. The number of aromatic nitrogens is 7. The van der Waals surface area contributed by atoms with Crippen LogP contribution in [0.15, 0.2) is 129 Å². The maximum absolute atomic E-state index is 12.5. The van der Waals surface area contributed by atoms with E-state index in [1.54, 1.807) is 168 Å². The Morgan fingerprint density at radius 3 is 0.777 bits per heavy atom. The number of nitrogens with two attached hydrogens (primary N) is 3. The lowest BCUT2D eigenvalue weighted by molar-refractivity contribution is -0.0295. The summed E-state index contributed by atoms with van der Waals surface area (Å²) in [5, 5.41) is 27.7. The molecule has 0 atom stereocenters. The molecular weight excluding hydrogens is 1670 g/mol. The number of amides is 4. The van der Waals surface area contributed by atoms with Crippen LogP contribution in [-0.4, -0.2) is 159 Å². The van der Waals surface area contributed by atoms with Gasteiger partial charge in [0.1, 0.15) is 53.6 Å². The van der Waals surface area contributed by atoms with Gasteiger partial charge in [-0.1, -0.05) is 13.8 Å². The number of hydrogen-bond donors (Lipinski definition) is 9. The maximum Gasteiger partial charge on any atom is 0.519 e. The molecule has 0 saturated carbocycles. The fourth-order valence-electron chi connectivity index (χ4n) is 6.93. The summed E-state index contributed by atoms with van der Waals surface area (Å²) in [6, 6.07) is 11.0. The third kappa shape index (κ3) is 65.6. The summed E-state index contributed by atoms with van der Waals surface area (Å²) in [5.74, 6) is 0. The van der Waals surface area contributed by atoms with Crippen molar-refractivity contribution in [1.29, 1.82) is 0 Å². The molecule has 121 heavy (non-hydrogen) atoms. The monoisotopic (exact) mass is 1790 g/mol. The zero-order chi connectivity index (χ0) is 94.7. The van der Waals surface area contributed by atoms with Crippen LogP contribution in [0.25, 0.3) is 0 Å². The van der Waals surface area contributed by atoms with Crippen molar-refractivity contribution in [2.75, 3.05) is 57.2 Å². The third-order valence-corrected chi connectivity index (χ3v) is 12.6. The van der Waals surface area contributed by atoms with Gasteiger partial charge in [0, 0.05) is 155 Å². The van der Waals surface area contributed by atoms with Crippen molar-refractivity contribution in [3.63, 3.8) is 0 Å². The minimum atomic E-state index is -3.57. The lowest BCUT2D eigenvalue weighted by atomic mass is 10.2. The minimum absolute atomic E-state index is 0.0420. The predicted molar refractivity (Wildman–Crippen MR) is 453 cm³/mol. The van der Waals surface area contributed by atoms with E-state index in [1.807, 2.05) is 0 Å². The molecule has 12 N–H and O–H groups in total. The van der Waals surface area contributed by atoms with Gasteiger partial charge in [-0.2, -0.15) is 16.8 Å². The molecule has 7 aromatic heterocycles. The first kappa shape index (κ1) is 112. The number of carbonyl (C=O) groups excluding carboxylic acids is 6. The van der Waals surface area contributed by atoms with Gasteiger partial charge in [0.2, 0.25) is 9.05 Å². The van der Waals surface area contributed by atoms with Crippen molar-refractivity contribution in [2.45, 2.75) is 219 Å². The number of hydrogen-bond acceptors (Lipinski definition) is 33. The lowest BCUT2D eigenvalue weighted by Crippen LogP contribution is -2.29. The predicted octanol–water partition coefficient (Wildman–Crippen LogP) is 15.1. The van der Waals surface area contributed by atoms with Crippen molar-refractivity contribution in [3.05, 3.63) is 168 Å². The number of halogens is 4. The van der Waals surface area contributed by atoms with Crippen LogP contribution in [0.3, 0.4) is 0 Å². The van der Waals surface area contributed by atoms with Crippen molar-refractivity contribution in [2.24, 2.45) is 0 Å². The van der Waals surface area contributed by atoms with Crippen LogP contribution in [0.4, 0.5) is 81.8 Å². The molecule has 44 heteroatoms. The molecule has 7 rings (SSSR count). The molecule has 37 nitrogen and oxygen atoms in total. The highest BCUT2D eigenvalue weighted by Crippen LogP contribution is 2.23. The number of nitrogens with one attached hydrogen (secondary N) is 4. The van der Waals surface area contributed by atoms with Gasteiger partial charge in [-0.3, -0.25) is 64.5 Å². The second-order valence-electron chi connectivity index (χ2n) is 29.7. The fraction of sp³-hybridized carbons (Fsp3) is 0.468. The number of aliphatic hydroxyl groups excluding tert-OH is 2. The molecule has 7 aromatic rings. The Labute approximate surface area is 711 Å². The number of pyridine rings is 7. The molecule has 4 amide bonds. The molecule has 678 valence electrons. The molecule has 0 fully saturated rings. The molecule has 0 aliphatic heterocycles. The number of nitrogen functional groups attached to an aromatic ring is 3. The molecule has 0 spiro atoms. The summed E-state index contributed by atoms with van der Waals surface area (Å²) in [5.41, 5.74) is 18.9. The average Bonchev–Trinajstić information content (AvgIpc) is 0.870. The van der Waals surface area contributed by atoms with Crippen molar-refractivity contribution in [1.82, 2.24) is 34.9 Å². The molecule has 0 aliphatic rings. The van der Waals surface area contributed by atoms with E-state index < -0.39 is 120 Å². The zero-order valence-electron chi connectivity index (χ0n) is 72.8. The molecule has 0 bridgehead atoms. The highest BCUT2D eigenvalue weighted by atomic mass is 35.7. The number of nitrogens with zero attached hydrogens (tertiary/aromatic N) is 7. The first-order valence-electron chi connectivity index (χ1n) is 36.3. The van der Waals surface area contributed by atoms with Gasteiger partial charge in [0.25, 0.3) is 20.2 Å². The van der Waals surface area contributed by atoms with E-state index in [1.165, 1.54) is 92.6 Å². The Hall–Kier alpha value is -11.0. The normalized spacial score (nSPS) is 11.1. The fourth-order valence-corrected chi connectivity index (χ4v) is 7.62. The van der Waals surface area contributed by atoms with Gasteiger partial charge in [0.05, 0.1) is 67.9 Å². The Balaban J connectivity index is -0.00000133. The van der Waals surface area contributed by atoms with Gasteiger partial charge < -0.3 is 60.6 Å². The summed E-state index contributed by atoms with van der Waals surface area (Å²) in [6.45, 7) is 31.0. The summed E-state index contributed by atoms with van der Waals surface area (Å²) in [4.78, 5) is 94.7. The van der Waals surface area contributed by atoms with E-state index in [2.05, 4.69) is 79.9 Å². The van der Waals surface area contributed by atoms with Gasteiger partial charge in [-0.05, 0) is 167 Å². The highest BCUT2D eigenvalue weighted by Gasteiger charge is 2.26. The molecule has 0 aromatic carbocycles. The lowest BCUT2D eigenvalue weighted by Gasteiger charge is -2.20. The largest absolute Gasteiger partial charge is 0.519 e. The van der Waals surface area contributed by atoms with Crippen molar-refractivity contribution >= 4 is 116 Å². The molecule has 7 heterocycles. The SMILES string of the molecule is CC(C)(C)OC(=O)Nc1ccncc1CO.CC(C)(C)OC(=O)Nc1ccncc1COS(C)(=O)=O.CC(C)(C)OC(=O)Nc1ccncc1COS(C)(=O)=O.CC(C)(C)OC(=O)Nc1ccncc1C[18F].CC(C)(C)OC(=O)OC(=O)OC(C)(C)C.CS(=O)(=O)Cl.Nc1ccncc1CO.Nc1ccncc1C[18F].Nc1ccncc1C[18F].[2H]CC. The van der Waals surface area contributed by atoms with Crippen LogP contribution in [0.1, 0.15) is 179 Å². The second-order valence-corrected chi connectivity index (χ2v) is 36.1. The number of aliphatic hydroxyl groups is 2. The first-order valence-corrected chi connectivity index (χ1v) is 41.9. The van der Waals surface area contributed by atoms with E-state index in [0.29, 0.717) is 85.7 Å². The van der Waals surface area contributed by atoms with Crippen molar-refractivity contribution in [3.8, 4) is 0 Å². The second kappa shape index (κ2) is 55.8. The highest BCUT2D eigenvalue weighted by molar-refractivity contribution is 8.13. The Kier molecular flexibility index (Phi) is 51.7. The van der Waals surface area contributed by atoms with Gasteiger partial charge >= 0.3 is 36.7 Å².